The molecule has 1 aromatic heterocycles. The predicted molar refractivity (Wildman–Crippen MR) is 74.1 cm³/mol. The van der Waals surface area contributed by atoms with Gasteiger partial charge in [0.15, 0.2) is 0 Å². The van der Waals surface area contributed by atoms with Crippen LogP contribution in [0.4, 0.5) is 0 Å². The van der Waals surface area contributed by atoms with Crippen LogP contribution in [0.5, 0.6) is 0 Å². The minimum atomic E-state index is -0.745. The Labute approximate surface area is 112 Å². The summed E-state index contributed by atoms with van der Waals surface area (Å²) < 4.78 is 0. The number of nitrogens with one attached hydrogen (secondary N) is 2. The molecule has 1 aromatic carbocycles. The van der Waals surface area contributed by atoms with Gasteiger partial charge in [-0.2, -0.15) is 5.10 Å². The molecular formula is C14H18N4O. The van der Waals surface area contributed by atoms with E-state index in [4.69, 9.17) is 5.73 Å². The highest BCUT2D eigenvalue weighted by atomic mass is 16.1. The fraction of sp³-hybridized carbons (Fsp3) is 0.286. The van der Waals surface area contributed by atoms with Gasteiger partial charge in [-0.3, -0.25) is 15.2 Å². The highest BCUT2D eigenvalue weighted by molar-refractivity contribution is 5.83. The van der Waals surface area contributed by atoms with Crippen LogP contribution >= 0.6 is 0 Å². The van der Waals surface area contributed by atoms with Crippen molar-refractivity contribution in [3.63, 3.8) is 0 Å². The topological polar surface area (TPSA) is 83.8 Å². The molecule has 1 amide bonds. The first kappa shape index (κ1) is 13.3. The average Bonchev–Trinajstić information content (AvgIpc) is 2.85. The molecule has 0 bridgehead atoms. The molecule has 100 valence electrons. The Balaban J connectivity index is 2.16. The number of aromatic amines is 1. The number of primary amides is 1. The molecule has 2 rings (SSSR count). The van der Waals surface area contributed by atoms with Crippen LogP contribution in [0.3, 0.4) is 0 Å². The summed E-state index contributed by atoms with van der Waals surface area (Å²) >= 11 is 0. The van der Waals surface area contributed by atoms with E-state index < -0.39 is 5.54 Å². The molecule has 4 N–H and O–H groups in total. The van der Waals surface area contributed by atoms with Crippen LogP contribution in [-0.4, -0.2) is 21.6 Å². The van der Waals surface area contributed by atoms with Crippen LogP contribution in [0, 0.1) is 0 Å². The Morgan fingerprint density at radius 1 is 1.37 bits per heavy atom. The third kappa shape index (κ3) is 3.00. The molecule has 0 radical (unpaired) electrons. The molecular weight excluding hydrogens is 240 g/mol. The van der Waals surface area contributed by atoms with E-state index in [9.17, 15) is 4.79 Å². The van der Waals surface area contributed by atoms with E-state index in [0.29, 0.717) is 6.54 Å². The molecule has 0 unspecified atom stereocenters. The van der Waals surface area contributed by atoms with Gasteiger partial charge in [0.2, 0.25) is 5.91 Å². The van der Waals surface area contributed by atoms with Crippen molar-refractivity contribution in [3.05, 3.63) is 42.1 Å². The molecule has 0 fully saturated rings. The zero-order valence-electron chi connectivity index (χ0n) is 11.1. The van der Waals surface area contributed by atoms with Crippen molar-refractivity contribution in [1.82, 2.24) is 15.5 Å². The van der Waals surface area contributed by atoms with Gasteiger partial charge in [-0.15, -0.1) is 0 Å². The van der Waals surface area contributed by atoms with Crippen LogP contribution in [0.2, 0.25) is 0 Å². The minimum Gasteiger partial charge on any atom is -0.368 e. The third-order valence-corrected chi connectivity index (χ3v) is 3.12. The van der Waals surface area contributed by atoms with E-state index in [1.54, 1.807) is 20.0 Å². The summed E-state index contributed by atoms with van der Waals surface area (Å²) in [5, 5.41) is 10.2. The summed E-state index contributed by atoms with van der Waals surface area (Å²) in [4.78, 5) is 11.3. The van der Waals surface area contributed by atoms with Crippen LogP contribution in [0.1, 0.15) is 19.4 Å². The van der Waals surface area contributed by atoms with Gasteiger partial charge in [-0.1, -0.05) is 30.3 Å². The Morgan fingerprint density at radius 2 is 2.05 bits per heavy atom. The fourth-order valence-electron chi connectivity index (χ4n) is 1.70. The number of amides is 1. The lowest BCUT2D eigenvalue weighted by Crippen LogP contribution is -2.50. The largest absolute Gasteiger partial charge is 0.368 e. The van der Waals surface area contributed by atoms with E-state index in [1.165, 1.54) is 0 Å². The summed E-state index contributed by atoms with van der Waals surface area (Å²) in [7, 11) is 0. The van der Waals surface area contributed by atoms with Crippen molar-refractivity contribution < 1.29 is 4.79 Å². The van der Waals surface area contributed by atoms with E-state index in [2.05, 4.69) is 15.5 Å². The molecule has 19 heavy (non-hydrogen) atoms. The molecule has 0 aliphatic carbocycles. The Kier molecular flexibility index (Phi) is 3.66. The first-order chi connectivity index (χ1) is 9.00. The standard InChI is InChI=1S/C14H18N4O/c1-14(2,13(15)19)16-8-11-9-17-18-12(11)10-6-4-3-5-7-10/h3-7,9,16H,8H2,1-2H3,(H2,15,19)(H,17,18). The molecule has 0 atom stereocenters. The molecule has 0 aliphatic heterocycles. The maximum Gasteiger partial charge on any atom is 0.237 e. The molecule has 2 aromatic rings. The van der Waals surface area contributed by atoms with E-state index >= 15 is 0 Å². The quantitative estimate of drug-likeness (QED) is 0.758. The summed E-state index contributed by atoms with van der Waals surface area (Å²) in [6.45, 7) is 4.05. The second-order valence-electron chi connectivity index (χ2n) is 4.98. The van der Waals surface area contributed by atoms with Gasteiger partial charge in [0.05, 0.1) is 17.4 Å². The van der Waals surface area contributed by atoms with Gasteiger partial charge in [0.1, 0.15) is 0 Å². The zero-order chi connectivity index (χ0) is 13.9. The Morgan fingerprint density at radius 3 is 2.68 bits per heavy atom. The number of hydrogen-bond acceptors (Lipinski definition) is 3. The summed E-state index contributed by atoms with van der Waals surface area (Å²) in [5.74, 6) is -0.378. The van der Waals surface area contributed by atoms with Crippen molar-refractivity contribution in [2.75, 3.05) is 0 Å². The predicted octanol–water partition coefficient (Wildman–Crippen LogP) is 1.43. The first-order valence-electron chi connectivity index (χ1n) is 6.13. The van der Waals surface area contributed by atoms with Crippen LogP contribution in [0.25, 0.3) is 11.3 Å². The lowest BCUT2D eigenvalue weighted by Gasteiger charge is -2.22. The van der Waals surface area contributed by atoms with Gasteiger partial charge in [-0.05, 0) is 19.4 Å². The maximum absolute atomic E-state index is 11.3. The van der Waals surface area contributed by atoms with Crippen LogP contribution in [-0.2, 0) is 11.3 Å². The van der Waals surface area contributed by atoms with Crippen molar-refractivity contribution in [1.29, 1.82) is 0 Å². The number of nitrogens with two attached hydrogens (primary N) is 1. The molecule has 0 aliphatic rings. The minimum absolute atomic E-state index is 0.378. The highest BCUT2D eigenvalue weighted by Crippen LogP contribution is 2.20. The maximum atomic E-state index is 11.3. The normalized spacial score (nSPS) is 11.5. The van der Waals surface area contributed by atoms with Crippen molar-refractivity contribution in [3.8, 4) is 11.3 Å². The number of rotatable bonds is 5. The molecule has 5 nitrogen and oxygen atoms in total. The lowest BCUT2D eigenvalue weighted by molar-refractivity contribution is -0.123. The first-order valence-corrected chi connectivity index (χ1v) is 6.13. The second-order valence-corrected chi connectivity index (χ2v) is 4.98. The fourth-order valence-corrected chi connectivity index (χ4v) is 1.70. The number of hydrogen-bond donors (Lipinski definition) is 3. The van der Waals surface area contributed by atoms with Gasteiger partial charge in [-0.25, -0.2) is 0 Å². The van der Waals surface area contributed by atoms with Gasteiger partial charge >= 0.3 is 0 Å². The van der Waals surface area contributed by atoms with Crippen molar-refractivity contribution in [2.45, 2.75) is 25.9 Å². The molecule has 0 saturated heterocycles. The monoisotopic (exact) mass is 258 g/mol. The number of H-pyrrole nitrogens is 1. The smallest absolute Gasteiger partial charge is 0.237 e. The number of benzene rings is 1. The SMILES string of the molecule is CC(C)(NCc1cn[nH]c1-c1ccccc1)C(N)=O. The Hall–Kier alpha value is -2.14. The summed E-state index contributed by atoms with van der Waals surface area (Å²) in [5.41, 5.74) is 7.61. The molecule has 0 saturated carbocycles. The Bertz CT molecular complexity index is 560. The molecule has 1 heterocycles. The number of nitrogens with zero attached hydrogens (tertiary/aromatic N) is 1. The number of carbonyl (C=O) groups excluding carboxylic acids is 1. The second kappa shape index (κ2) is 5.24. The van der Waals surface area contributed by atoms with Gasteiger partial charge in [0, 0.05) is 12.1 Å². The van der Waals surface area contributed by atoms with Gasteiger partial charge in [0.25, 0.3) is 0 Å². The molecule has 5 heteroatoms. The average molecular weight is 258 g/mol. The summed E-state index contributed by atoms with van der Waals surface area (Å²) in [6, 6.07) is 9.93. The van der Waals surface area contributed by atoms with Crippen molar-refractivity contribution >= 4 is 5.91 Å². The number of carbonyl (C=O) groups is 1. The van der Waals surface area contributed by atoms with Crippen LogP contribution < -0.4 is 11.1 Å². The highest BCUT2D eigenvalue weighted by Gasteiger charge is 2.24. The lowest BCUT2D eigenvalue weighted by atomic mass is 10.0. The van der Waals surface area contributed by atoms with Gasteiger partial charge < -0.3 is 5.73 Å². The van der Waals surface area contributed by atoms with E-state index in [-0.39, 0.29) is 5.91 Å². The van der Waals surface area contributed by atoms with E-state index in [0.717, 1.165) is 16.8 Å². The third-order valence-electron chi connectivity index (χ3n) is 3.12. The van der Waals surface area contributed by atoms with Crippen LogP contribution in [0.15, 0.2) is 36.5 Å². The van der Waals surface area contributed by atoms with E-state index in [1.807, 2.05) is 30.3 Å². The molecule has 0 spiro atoms. The number of aromatic nitrogens is 2. The zero-order valence-corrected chi connectivity index (χ0v) is 11.1. The summed E-state index contributed by atoms with van der Waals surface area (Å²) in [6.07, 6.45) is 1.76. The van der Waals surface area contributed by atoms with Crippen molar-refractivity contribution in [2.24, 2.45) is 5.73 Å².